The Kier molecular flexibility index (Phi) is 9.49. The minimum atomic E-state index is -0.763. The zero-order chi connectivity index (χ0) is 23.0. The van der Waals surface area contributed by atoms with Crippen molar-refractivity contribution >= 4 is 27.7 Å². The normalized spacial score (nSPS) is 11.7. The maximum atomic E-state index is 14.2. The van der Waals surface area contributed by atoms with Gasteiger partial charge in [-0.1, -0.05) is 47.5 Å². The molecule has 2 aromatic rings. The molecule has 0 fully saturated rings. The topological polar surface area (TPSA) is 58.6 Å². The number of hydrogen-bond donors (Lipinski definition) is 1. The van der Waals surface area contributed by atoms with Crippen LogP contribution < -0.4 is 10.1 Å². The van der Waals surface area contributed by atoms with E-state index in [4.69, 9.17) is 4.74 Å². The van der Waals surface area contributed by atoms with Gasteiger partial charge >= 0.3 is 0 Å². The van der Waals surface area contributed by atoms with Gasteiger partial charge in [0.25, 0.3) is 5.91 Å². The van der Waals surface area contributed by atoms with E-state index in [9.17, 15) is 14.0 Å². The zero-order valence-corrected chi connectivity index (χ0v) is 20.1. The van der Waals surface area contributed by atoms with E-state index < -0.39 is 11.9 Å². The molecule has 0 aliphatic rings. The Bertz CT molecular complexity index is 896. The van der Waals surface area contributed by atoms with Crippen molar-refractivity contribution in [2.24, 2.45) is 0 Å². The number of aryl methyl sites for hydroxylation is 2. The third-order valence-corrected chi connectivity index (χ3v) is 6.32. The molecule has 0 aliphatic carbocycles. The molecular formula is C24H30BrFN2O3. The second-order valence-corrected chi connectivity index (χ2v) is 8.39. The van der Waals surface area contributed by atoms with Gasteiger partial charge in [-0.15, -0.1) is 0 Å². The van der Waals surface area contributed by atoms with E-state index in [0.29, 0.717) is 17.9 Å². The van der Waals surface area contributed by atoms with Gasteiger partial charge in [-0.25, -0.2) is 4.39 Å². The number of hydrogen-bond acceptors (Lipinski definition) is 3. The third-order valence-electron chi connectivity index (χ3n) is 5.07. The lowest BCUT2D eigenvalue weighted by Crippen LogP contribution is -2.49. The van der Waals surface area contributed by atoms with Gasteiger partial charge in [-0.3, -0.25) is 9.59 Å². The van der Waals surface area contributed by atoms with Crippen LogP contribution in [0.2, 0.25) is 0 Å². The monoisotopic (exact) mass is 492 g/mol. The van der Waals surface area contributed by atoms with Gasteiger partial charge in [0.2, 0.25) is 5.91 Å². The van der Waals surface area contributed by atoms with Crippen molar-refractivity contribution < 1.29 is 18.7 Å². The fraction of sp³-hybridized carbons (Fsp3) is 0.417. The maximum Gasteiger partial charge on any atom is 0.261 e. The number of benzene rings is 2. The van der Waals surface area contributed by atoms with Crippen LogP contribution in [0.4, 0.5) is 4.39 Å². The van der Waals surface area contributed by atoms with Crippen LogP contribution in [0.3, 0.4) is 0 Å². The van der Waals surface area contributed by atoms with Crippen molar-refractivity contribution in [1.82, 2.24) is 10.2 Å². The molecule has 0 saturated carbocycles. The number of nitrogens with one attached hydrogen (secondary N) is 1. The lowest BCUT2D eigenvalue weighted by atomic mass is 10.1. The SMILES string of the molecule is CCCCNC(=O)[C@@H](C)N(Cc1ccccc1F)C(=O)COc1cc(C)c(Br)c(C)c1. The Morgan fingerprint density at radius 2 is 1.84 bits per heavy atom. The molecule has 2 aromatic carbocycles. The molecule has 168 valence electrons. The van der Waals surface area contributed by atoms with Crippen molar-refractivity contribution in [1.29, 1.82) is 0 Å². The Balaban J connectivity index is 2.17. The lowest BCUT2D eigenvalue weighted by Gasteiger charge is -2.29. The molecule has 0 heterocycles. The Labute approximate surface area is 192 Å². The summed E-state index contributed by atoms with van der Waals surface area (Å²) in [4.78, 5) is 27.0. The summed E-state index contributed by atoms with van der Waals surface area (Å²) in [5, 5.41) is 2.84. The highest BCUT2D eigenvalue weighted by molar-refractivity contribution is 9.10. The fourth-order valence-electron chi connectivity index (χ4n) is 3.15. The molecular weight excluding hydrogens is 463 g/mol. The Morgan fingerprint density at radius 3 is 2.45 bits per heavy atom. The molecule has 0 radical (unpaired) electrons. The fourth-order valence-corrected chi connectivity index (χ4v) is 3.38. The molecule has 0 spiro atoms. The summed E-state index contributed by atoms with van der Waals surface area (Å²) >= 11 is 3.51. The molecule has 0 aliphatic heterocycles. The number of halogens is 2. The van der Waals surface area contributed by atoms with Crippen molar-refractivity contribution in [2.45, 2.75) is 53.1 Å². The molecule has 1 N–H and O–H groups in total. The van der Waals surface area contributed by atoms with Crippen LogP contribution in [0.25, 0.3) is 0 Å². The van der Waals surface area contributed by atoms with Crippen LogP contribution in [0.1, 0.15) is 43.4 Å². The average molecular weight is 493 g/mol. The van der Waals surface area contributed by atoms with Crippen molar-refractivity contribution in [3.63, 3.8) is 0 Å². The summed E-state index contributed by atoms with van der Waals surface area (Å²) in [5.74, 6) is -0.510. The van der Waals surface area contributed by atoms with E-state index in [1.807, 2.05) is 32.9 Å². The minimum Gasteiger partial charge on any atom is -0.484 e. The molecule has 31 heavy (non-hydrogen) atoms. The first-order chi connectivity index (χ1) is 14.7. The molecule has 7 heteroatoms. The van der Waals surface area contributed by atoms with E-state index in [1.165, 1.54) is 11.0 Å². The molecule has 5 nitrogen and oxygen atoms in total. The van der Waals surface area contributed by atoms with Crippen LogP contribution in [-0.4, -0.2) is 35.9 Å². The minimum absolute atomic E-state index is 0.0182. The maximum absolute atomic E-state index is 14.2. The number of unbranched alkanes of at least 4 members (excludes halogenated alkanes) is 1. The largest absolute Gasteiger partial charge is 0.484 e. The molecule has 0 saturated heterocycles. The number of carbonyl (C=O) groups excluding carboxylic acids is 2. The molecule has 0 bridgehead atoms. The highest BCUT2D eigenvalue weighted by atomic mass is 79.9. The van der Waals surface area contributed by atoms with Crippen molar-refractivity contribution in [3.05, 3.63) is 63.4 Å². The van der Waals surface area contributed by atoms with Crippen molar-refractivity contribution in [2.75, 3.05) is 13.2 Å². The Hall–Kier alpha value is -2.41. The number of amides is 2. The van der Waals surface area contributed by atoms with Crippen LogP contribution in [0.5, 0.6) is 5.75 Å². The summed E-state index contributed by atoms with van der Waals surface area (Å²) in [7, 11) is 0. The van der Waals surface area contributed by atoms with Crippen molar-refractivity contribution in [3.8, 4) is 5.75 Å². The van der Waals surface area contributed by atoms with E-state index in [2.05, 4.69) is 21.2 Å². The van der Waals surface area contributed by atoms with E-state index in [1.54, 1.807) is 25.1 Å². The van der Waals surface area contributed by atoms with Gasteiger partial charge in [-0.2, -0.15) is 0 Å². The second-order valence-electron chi connectivity index (χ2n) is 7.59. The summed E-state index contributed by atoms with van der Waals surface area (Å²) in [5.41, 5.74) is 2.34. The third kappa shape index (κ3) is 7.06. The van der Waals surface area contributed by atoms with Crippen LogP contribution in [0, 0.1) is 19.7 Å². The lowest BCUT2D eigenvalue weighted by molar-refractivity contribution is -0.142. The van der Waals surface area contributed by atoms with Gasteiger partial charge in [0.15, 0.2) is 6.61 Å². The number of rotatable bonds is 10. The summed E-state index contributed by atoms with van der Waals surface area (Å²) in [6.07, 6.45) is 1.80. The number of ether oxygens (including phenoxy) is 1. The molecule has 0 aromatic heterocycles. The van der Waals surface area contributed by atoms with E-state index in [-0.39, 0.29) is 25.0 Å². The van der Waals surface area contributed by atoms with Gasteiger partial charge in [0.05, 0.1) is 0 Å². The summed E-state index contributed by atoms with van der Waals surface area (Å²) in [6.45, 7) is 7.84. The predicted molar refractivity (Wildman–Crippen MR) is 123 cm³/mol. The average Bonchev–Trinajstić information content (AvgIpc) is 2.74. The zero-order valence-electron chi connectivity index (χ0n) is 18.5. The highest BCUT2D eigenvalue weighted by Crippen LogP contribution is 2.26. The van der Waals surface area contributed by atoms with E-state index in [0.717, 1.165) is 28.4 Å². The predicted octanol–water partition coefficient (Wildman–Crippen LogP) is 4.92. The van der Waals surface area contributed by atoms with E-state index >= 15 is 0 Å². The van der Waals surface area contributed by atoms with Crippen LogP contribution >= 0.6 is 15.9 Å². The van der Waals surface area contributed by atoms with Gasteiger partial charge in [-0.05, 0) is 56.5 Å². The quantitative estimate of drug-likeness (QED) is 0.479. The number of nitrogens with zero attached hydrogens (tertiary/aromatic N) is 1. The van der Waals surface area contributed by atoms with Crippen LogP contribution in [-0.2, 0) is 16.1 Å². The van der Waals surface area contributed by atoms with Crippen LogP contribution in [0.15, 0.2) is 40.9 Å². The molecule has 2 amide bonds. The first-order valence-corrected chi connectivity index (χ1v) is 11.2. The van der Waals surface area contributed by atoms with Gasteiger partial charge < -0.3 is 15.0 Å². The number of carbonyl (C=O) groups is 2. The highest BCUT2D eigenvalue weighted by Gasteiger charge is 2.27. The molecule has 2 rings (SSSR count). The second kappa shape index (κ2) is 11.8. The first-order valence-electron chi connectivity index (χ1n) is 10.4. The smallest absolute Gasteiger partial charge is 0.261 e. The van der Waals surface area contributed by atoms with Gasteiger partial charge in [0.1, 0.15) is 17.6 Å². The first kappa shape index (κ1) is 24.9. The summed E-state index contributed by atoms with van der Waals surface area (Å²) < 4.78 is 20.9. The van der Waals surface area contributed by atoms with Gasteiger partial charge in [0, 0.05) is 23.1 Å². The Morgan fingerprint density at radius 1 is 1.19 bits per heavy atom. The molecule has 1 atom stereocenters. The molecule has 0 unspecified atom stereocenters. The summed E-state index contributed by atoms with van der Waals surface area (Å²) in [6, 6.07) is 9.16. The standard InChI is InChI=1S/C24H30BrFN2O3/c1-5-6-11-27-24(30)18(4)28(14-19-9-7-8-10-21(19)26)22(29)15-31-20-12-16(2)23(25)17(3)13-20/h7-10,12-13,18H,5-6,11,14-15H2,1-4H3,(H,27,30)/t18-/m1/s1.